The zero-order chi connectivity index (χ0) is 23.2. The average molecular weight is 417 g/mol. The maximum atomic E-state index is 7.51. The fourth-order valence-electron chi connectivity index (χ4n) is 4.88. The van der Waals surface area contributed by atoms with Crippen LogP contribution in [0.3, 0.4) is 0 Å². The number of nitrogens with two attached hydrogens (primary N) is 1. The van der Waals surface area contributed by atoms with Crippen LogP contribution in [0, 0.1) is 16.7 Å². The molecule has 1 aliphatic carbocycles. The minimum Gasteiger partial charge on any atom is -0.390 e. The molecule has 4 N–H and O–H groups in total. The Morgan fingerprint density at radius 1 is 1.39 bits per heavy atom. The van der Waals surface area contributed by atoms with E-state index in [4.69, 9.17) is 19.0 Å². The van der Waals surface area contributed by atoms with Gasteiger partial charge in [-0.05, 0) is 48.5 Å². The van der Waals surface area contributed by atoms with Crippen molar-refractivity contribution in [3.05, 3.63) is 53.7 Å². The molecule has 0 aliphatic heterocycles. The van der Waals surface area contributed by atoms with Crippen LogP contribution >= 0.6 is 0 Å². The number of aliphatic imine (C=N–C) groups is 2. The summed E-state index contributed by atoms with van der Waals surface area (Å²) in [5, 5.41) is 11.0. The van der Waals surface area contributed by atoms with Crippen LogP contribution in [0.1, 0.15) is 58.6 Å². The van der Waals surface area contributed by atoms with Crippen LogP contribution in [-0.2, 0) is 5.41 Å². The molecule has 2 radical (unpaired) electrons. The molecule has 3 atom stereocenters. The number of fused-ring (bicyclic) bond motifs is 1. The molecule has 0 bridgehead atoms. The maximum Gasteiger partial charge on any atom is 0.126 e. The molecule has 0 aromatic heterocycles. The first-order valence-electron chi connectivity index (χ1n) is 10.9. The van der Waals surface area contributed by atoms with E-state index in [1.165, 1.54) is 23.0 Å². The van der Waals surface area contributed by atoms with Crippen LogP contribution in [-0.4, -0.2) is 32.4 Å². The second kappa shape index (κ2) is 10.1. The molecule has 5 nitrogen and oxygen atoms in total. The van der Waals surface area contributed by atoms with Gasteiger partial charge in [0, 0.05) is 22.2 Å². The van der Waals surface area contributed by atoms with Gasteiger partial charge in [-0.1, -0.05) is 64.9 Å². The number of nitrogens with zero attached hydrogens (tertiary/aromatic N) is 2. The van der Waals surface area contributed by atoms with Crippen molar-refractivity contribution in [1.29, 1.82) is 5.41 Å². The van der Waals surface area contributed by atoms with Crippen molar-refractivity contribution in [1.82, 2.24) is 5.32 Å². The predicted molar refractivity (Wildman–Crippen MR) is 135 cm³/mol. The van der Waals surface area contributed by atoms with E-state index in [0.29, 0.717) is 6.32 Å². The first-order chi connectivity index (χ1) is 14.7. The Balaban J connectivity index is 2.81. The fraction of sp³-hybridized carbons (Fsp3) is 0.480. The van der Waals surface area contributed by atoms with Gasteiger partial charge in [-0.15, -0.1) is 0 Å². The quantitative estimate of drug-likeness (QED) is 0.305. The van der Waals surface area contributed by atoms with E-state index in [2.05, 4.69) is 73.0 Å². The molecule has 0 amide bonds. The summed E-state index contributed by atoms with van der Waals surface area (Å²) >= 11 is 0. The maximum absolute atomic E-state index is 7.51. The van der Waals surface area contributed by atoms with Crippen LogP contribution in [0.5, 0.6) is 0 Å². The van der Waals surface area contributed by atoms with Gasteiger partial charge in [0.15, 0.2) is 0 Å². The van der Waals surface area contributed by atoms with Crippen LogP contribution in [0.4, 0.5) is 0 Å². The van der Waals surface area contributed by atoms with Crippen LogP contribution in [0.2, 0.25) is 6.32 Å². The smallest absolute Gasteiger partial charge is 0.126 e. The van der Waals surface area contributed by atoms with Crippen LogP contribution in [0.25, 0.3) is 5.57 Å². The lowest BCUT2D eigenvalue weighted by molar-refractivity contribution is 0.0860. The topological polar surface area (TPSA) is 86.6 Å². The summed E-state index contributed by atoms with van der Waals surface area (Å²) in [6, 6.07) is 8.54. The highest BCUT2D eigenvalue weighted by Gasteiger charge is 2.54. The van der Waals surface area contributed by atoms with Gasteiger partial charge in [0.05, 0.1) is 14.2 Å². The van der Waals surface area contributed by atoms with Crippen molar-refractivity contribution in [3.8, 4) is 0 Å². The highest BCUT2D eigenvalue weighted by molar-refractivity contribution is 6.14. The van der Waals surface area contributed by atoms with Gasteiger partial charge >= 0.3 is 0 Å². The fourth-order valence-corrected chi connectivity index (χ4v) is 4.88. The number of nitrogens with one attached hydrogen (secondary N) is 2. The van der Waals surface area contributed by atoms with Crippen molar-refractivity contribution in [3.63, 3.8) is 0 Å². The van der Waals surface area contributed by atoms with E-state index >= 15 is 0 Å². The lowest BCUT2D eigenvalue weighted by atomic mass is 9.52. The zero-order valence-electron chi connectivity index (χ0n) is 19.6. The predicted octanol–water partition coefficient (Wildman–Crippen LogP) is 4.85. The van der Waals surface area contributed by atoms with Crippen molar-refractivity contribution in [2.75, 3.05) is 0 Å². The SMILES string of the molecule is [B]CC(C)C(/C=C1\C[C@@](CC)(C(N=CN)NC(=C)C)C(C)(C)c2ccccc21)=NC=N. The van der Waals surface area contributed by atoms with Crippen LogP contribution in [0.15, 0.2) is 52.6 Å². The second-order valence-corrected chi connectivity index (χ2v) is 8.97. The molecule has 6 heteroatoms. The highest BCUT2D eigenvalue weighted by Crippen LogP contribution is 2.57. The van der Waals surface area contributed by atoms with Gasteiger partial charge in [-0.2, -0.15) is 0 Å². The molecule has 1 aromatic rings. The number of benzene rings is 1. The average Bonchev–Trinajstić information content (AvgIpc) is 2.74. The highest BCUT2D eigenvalue weighted by atomic mass is 15.1. The lowest BCUT2D eigenvalue weighted by Crippen LogP contribution is -2.56. The van der Waals surface area contributed by atoms with E-state index < -0.39 is 0 Å². The Hall–Kier alpha value is -2.63. The molecule has 0 heterocycles. The first kappa shape index (κ1) is 24.6. The molecule has 2 rings (SSSR count). The Kier molecular flexibility index (Phi) is 8.05. The summed E-state index contributed by atoms with van der Waals surface area (Å²) in [6.07, 6.45) is 6.50. The molecule has 0 saturated heterocycles. The summed E-state index contributed by atoms with van der Waals surface area (Å²) in [4.78, 5) is 8.99. The first-order valence-corrected chi connectivity index (χ1v) is 10.9. The molecule has 1 aliphatic rings. The number of rotatable bonds is 9. The Labute approximate surface area is 188 Å². The van der Waals surface area contributed by atoms with Gasteiger partial charge in [0.2, 0.25) is 0 Å². The van der Waals surface area contributed by atoms with Crippen molar-refractivity contribution in [2.45, 2.75) is 65.4 Å². The Morgan fingerprint density at radius 2 is 2.06 bits per heavy atom. The van der Waals surface area contributed by atoms with E-state index in [1.54, 1.807) is 0 Å². The standard InChI is InChI=1S/C25H36BN5/c1-7-25(23(30-16-28)31-17(2)3)13-19(12-22(29-15-27)18(4)14-26)20-10-8-9-11-21(20)24(25,5)6/h8-12,15-16,18,23,27,31H,2,7,13-14H2,1,3-6H3,(H2,28,30)/b19-12+,27-15?,29-22?/t18?,23?,25-/m0/s1. The number of hydrogen-bond donors (Lipinski definition) is 3. The van der Waals surface area contributed by atoms with Crippen molar-refractivity contribution in [2.24, 2.45) is 27.1 Å². The summed E-state index contributed by atoms with van der Waals surface area (Å²) in [7, 11) is 5.93. The summed E-state index contributed by atoms with van der Waals surface area (Å²) in [5.74, 6) is 0.0543. The number of hydrogen-bond acceptors (Lipinski definition) is 3. The van der Waals surface area contributed by atoms with Gasteiger partial charge < -0.3 is 11.1 Å². The third-order valence-electron chi connectivity index (χ3n) is 6.86. The molecule has 31 heavy (non-hydrogen) atoms. The second-order valence-electron chi connectivity index (χ2n) is 8.97. The third-order valence-corrected chi connectivity index (χ3v) is 6.86. The monoisotopic (exact) mass is 417 g/mol. The van der Waals surface area contributed by atoms with Gasteiger partial charge in [-0.3, -0.25) is 10.4 Å². The van der Waals surface area contributed by atoms with Crippen molar-refractivity contribution < 1.29 is 0 Å². The van der Waals surface area contributed by atoms with E-state index in [1.807, 2.05) is 13.8 Å². The molecule has 1 aromatic carbocycles. The lowest BCUT2D eigenvalue weighted by Gasteiger charge is -2.54. The zero-order valence-corrected chi connectivity index (χ0v) is 19.6. The van der Waals surface area contributed by atoms with Gasteiger partial charge in [0.25, 0.3) is 0 Å². The van der Waals surface area contributed by atoms with E-state index in [-0.39, 0.29) is 22.9 Å². The molecule has 0 fully saturated rings. The largest absolute Gasteiger partial charge is 0.390 e. The summed E-state index contributed by atoms with van der Waals surface area (Å²) in [6.45, 7) is 14.8. The summed E-state index contributed by atoms with van der Waals surface area (Å²) in [5.41, 5.74) is 10.7. The molecule has 164 valence electrons. The third kappa shape index (κ3) is 4.68. The molecule has 0 spiro atoms. The molecule has 2 unspecified atom stereocenters. The Bertz CT molecular complexity index is 899. The van der Waals surface area contributed by atoms with E-state index in [0.717, 1.165) is 30.6 Å². The minimum absolute atomic E-state index is 0.0543. The van der Waals surface area contributed by atoms with Crippen molar-refractivity contribution >= 4 is 31.8 Å². The summed E-state index contributed by atoms with van der Waals surface area (Å²) < 4.78 is 0. The molecule has 0 saturated carbocycles. The van der Waals surface area contributed by atoms with E-state index in [9.17, 15) is 0 Å². The van der Waals surface area contributed by atoms with Gasteiger partial charge in [-0.25, -0.2) is 4.99 Å². The molecular weight excluding hydrogens is 381 g/mol. The normalized spacial score (nSPS) is 23.9. The minimum atomic E-state index is -0.260. The molecular formula is C25H36BN5. The Morgan fingerprint density at radius 3 is 2.61 bits per heavy atom. The van der Waals surface area contributed by atoms with Gasteiger partial charge in [0.1, 0.15) is 12.5 Å². The van der Waals surface area contributed by atoms with Crippen LogP contribution < -0.4 is 11.1 Å². The number of allylic oxidation sites excluding steroid dienone is 3.